The highest BCUT2D eigenvalue weighted by Gasteiger charge is 2.27. The lowest BCUT2D eigenvalue weighted by Crippen LogP contribution is -2.44. The number of carbonyl (C=O) groups is 6. The van der Waals surface area contributed by atoms with Crippen LogP contribution >= 0.6 is 0 Å². The zero-order chi connectivity index (χ0) is 43.2. The number of hydrogen-bond acceptors (Lipinski definition) is 13. The fourth-order valence-corrected chi connectivity index (χ4v) is 4.92. The largest absolute Gasteiger partial charge is 0.494 e. The summed E-state index contributed by atoms with van der Waals surface area (Å²) < 4.78 is 37.3. The number of carboxylic acids is 1. The lowest BCUT2D eigenvalue weighted by Gasteiger charge is -2.24. The van der Waals surface area contributed by atoms with Crippen LogP contribution in [0.1, 0.15) is 116 Å². The van der Waals surface area contributed by atoms with Crippen molar-refractivity contribution in [1.29, 1.82) is 0 Å². The van der Waals surface area contributed by atoms with Crippen molar-refractivity contribution in [1.82, 2.24) is 16.0 Å². The van der Waals surface area contributed by atoms with Crippen molar-refractivity contribution in [3.05, 3.63) is 29.8 Å². The van der Waals surface area contributed by atoms with Gasteiger partial charge in [-0.15, -0.1) is 0 Å². The van der Waals surface area contributed by atoms with E-state index in [9.17, 15) is 28.8 Å². The number of hydrogen-bond donors (Lipinski definition) is 4. The molecule has 17 nitrogen and oxygen atoms in total. The number of carboxylic acid groups (broad SMARTS) is 1. The van der Waals surface area contributed by atoms with Crippen molar-refractivity contribution in [2.75, 3.05) is 66.1 Å². The molecule has 0 unspecified atom stereocenters. The van der Waals surface area contributed by atoms with Gasteiger partial charge in [-0.2, -0.15) is 0 Å². The molecule has 0 aliphatic rings. The van der Waals surface area contributed by atoms with Crippen molar-refractivity contribution >= 4 is 35.6 Å². The zero-order valence-corrected chi connectivity index (χ0v) is 35.3. The second-order valence-electron chi connectivity index (χ2n) is 15.4. The monoisotopic (exact) mass is 825 g/mol. The molecule has 0 aliphatic carbocycles. The van der Waals surface area contributed by atoms with Gasteiger partial charge in [-0.25, -0.2) is 14.4 Å². The van der Waals surface area contributed by atoms with E-state index in [0.717, 1.165) is 38.5 Å². The van der Waals surface area contributed by atoms with E-state index in [4.69, 9.17) is 38.3 Å². The second-order valence-corrected chi connectivity index (χ2v) is 15.4. The topological polar surface area (TPSA) is 223 Å². The highest BCUT2D eigenvalue weighted by atomic mass is 16.6. The first-order chi connectivity index (χ1) is 27.4. The van der Waals surface area contributed by atoms with E-state index in [1.54, 1.807) is 45.0 Å². The van der Waals surface area contributed by atoms with Crippen LogP contribution < -0.4 is 20.7 Å². The number of nitrogens with one attached hydrogen (secondary N) is 3. The molecule has 0 radical (unpaired) electrons. The van der Waals surface area contributed by atoms with Crippen LogP contribution in [0.15, 0.2) is 24.3 Å². The number of unbranched alkanes of at least 4 members (excludes halogenated alkanes) is 6. The molecule has 0 saturated carbocycles. The molecular formula is C41H67N3O14. The normalized spacial score (nSPS) is 12.0. The van der Waals surface area contributed by atoms with E-state index in [0.29, 0.717) is 24.3 Å². The summed E-state index contributed by atoms with van der Waals surface area (Å²) in [6.45, 7) is 11.6. The third-order valence-electron chi connectivity index (χ3n) is 7.64. The lowest BCUT2D eigenvalue weighted by molar-refractivity contribution is -0.159. The average molecular weight is 826 g/mol. The molecule has 0 fully saturated rings. The third-order valence-corrected chi connectivity index (χ3v) is 7.64. The number of aliphatic carboxylic acids is 1. The van der Waals surface area contributed by atoms with Gasteiger partial charge in [-0.1, -0.05) is 32.1 Å². The van der Waals surface area contributed by atoms with Gasteiger partial charge in [0, 0.05) is 19.4 Å². The Labute approximate surface area is 342 Å². The van der Waals surface area contributed by atoms with Gasteiger partial charge in [0.2, 0.25) is 17.7 Å². The van der Waals surface area contributed by atoms with Gasteiger partial charge in [-0.3, -0.25) is 14.4 Å². The maximum absolute atomic E-state index is 12.9. The molecule has 330 valence electrons. The lowest BCUT2D eigenvalue weighted by atomic mass is 10.1. The van der Waals surface area contributed by atoms with Crippen LogP contribution in [0.2, 0.25) is 0 Å². The minimum Gasteiger partial charge on any atom is -0.494 e. The standard InChI is InChI=1S/C41H67N3O14/c1-40(2,3)57-38(50)31-15-17-32(18-16-31)56-22-13-11-9-7-8-10-12-14-35(46)44-33(39(51)58-41(4,5)6)19-20-34(45)43-30-55-27-26-53-28-36(47)42-21-23-52-24-25-54-29-37(48)49/h15-18,33H,7-14,19-30H2,1-6H3,(H,42,47)(H,43,45)(H,44,46)(H,48,49)/t33-/m0/s1. The van der Waals surface area contributed by atoms with Crippen molar-refractivity contribution in [3.8, 4) is 5.75 Å². The highest BCUT2D eigenvalue weighted by Crippen LogP contribution is 2.17. The van der Waals surface area contributed by atoms with Crippen LogP contribution in [-0.4, -0.2) is 124 Å². The molecule has 3 amide bonds. The Morgan fingerprint density at radius 3 is 1.83 bits per heavy atom. The maximum Gasteiger partial charge on any atom is 0.338 e. The summed E-state index contributed by atoms with van der Waals surface area (Å²) in [6.07, 6.45) is 6.78. The molecule has 58 heavy (non-hydrogen) atoms. The minimum absolute atomic E-state index is 0.0469. The number of carbonyl (C=O) groups excluding carboxylic acids is 5. The Kier molecular flexibility index (Phi) is 26.6. The van der Waals surface area contributed by atoms with E-state index in [2.05, 4.69) is 16.0 Å². The van der Waals surface area contributed by atoms with Crippen LogP contribution in [0.3, 0.4) is 0 Å². The zero-order valence-electron chi connectivity index (χ0n) is 35.3. The van der Waals surface area contributed by atoms with Crippen molar-refractivity contribution in [2.24, 2.45) is 0 Å². The summed E-state index contributed by atoms with van der Waals surface area (Å²) in [5.41, 5.74) is -0.835. The Morgan fingerprint density at radius 2 is 1.19 bits per heavy atom. The average Bonchev–Trinajstić information content (AvgIpc) is 3.13. The quantitative estimate of drug-likeness (QED) is 0.0457. The highest BCUT2D eigenvalue weighted by molar-refractivity contribution is 5.89. The number of rotatable bonds is 32. The van der Waals surface area contributed by atoms with Crippen LogP contribution in [0.25, 0.3) is 0 Å². The number of ether oxygens (including phenoxy) is 7. The summed E-state index contributed by atoms with van der Waals surface area (Å²) >= 11 is 0. The molecule has 1 rings (SSSR count). The first-order valence-corrected chi connectivity index (χ1v) is 20.0. The first kappa shape index (κ1) is 51.7. The molecular weight excluding hydrogens is 758 g/mol. The molecule has 0 saturated heterocycles. The molecule has 0 heterocycles. The molecule has 4 N–H and O–H groups in total. The van der Waals surface area contributed by atoms with Gasteiger partial charge >= 0.3 is 17.9 Å². The summed E-state index contributed by atoms with van der Waals surface area (Å²) in [7, 11) is 0. The smallest absolute Gasteiger partial charge is 0.338 e. The number of esters is 2. The van der Waals surface area contributed by atoms with E-state index in [1.807, 2.05) is 20.8 Å². The van der Waals surface area contributed by atoms with Crippen molar-refractivity contribution < 1.29 is 67.0 Å². The Morgan fingerprint density at radius 1 is 0.603 bits per heavy atom. The fraction of sp³-hybridized carbons (Fsp3) is 0.707. The summed E-state index contributed by atoms with van der Waals surface area (Å²) in [4.78, 5) is 72.3. The Balaban J connectivity index is 2.19. The van der Waals surface area contributed by atoms with Crippen LogP contribution in [-0.2, 0) is 52.4 Å². The molecule has 0 spiro atoms. The number of benzene rings is 1. The fourth-order valence-electron chi connectivity index (χ4n) is 4.92. The second kappa shape index (κ2) is 29.8. The van der Waals surface area contributed by atoms with E-state index < -0.39 is 35.8 Å². The molecule has 1 aromatic rings. The van der Waals surface area contributed by atoms with Gasteiger partial charge in [0.25, 0.3) is 0 Å². The van der Waals surface area contributed by atoms with E-state index in [-0.39, 0.29) is 95.9 Å². The summed E-state index contributed by atoms with van der Waals surface area (Å²) in [5, 5.41) is 16.4. The molecule has 17 heteroatoms. The van der Waals surface area contributed by atoms with E-state index >= 15 is 0 Å². The van der Waals surface area contributed by atoms with Gasteiger partial charge in [0.05, 0.1) is 45.2 Å². The Hall–Kier alpha value is -4.32. The van der Waals surface area contributed by atoms with Gasteiger partial charge in [0.15, 0.2) is 0 Å². The molecule has 1 aromatic carbocycles. The van der Waals surface area contributed by atoms with Crippen LogP contribution in [0, 0.1) is 0 Å². The molecule has 0 aromatic heterocycles. The SMILES string of the molecule is CC(C)(C)OC(=O)c1ccc(OCCCCCCCCCC(=O)N[C@@H](CCC(=O)NCOCCOCC(=O)NCCOCCOCC(=O)O)C(=O)OC(C)(C)C)cc1. The van der Waals surface area contributed by atoms with Crippen LogP contribution in [0.5, 0.6) is 5.75 Å². The first-order valence-electron chi connectivity index (χ1n) is 20.0. The molecule has 0 aliphatic heterocycles. The summed E-state index contributed by atoms with van der Waals surface area (Å²) in [5.74, 6) is -2.33. The number of amides is 3. The molecule has 0 bridgehead atoms. The van der Waals surface area contributed by atoms with Gasteiger partial charge < -0.3 is 54.2 Å². The van der Waals surface area contributed by atoms with Crippen molar-refractivity contribution in [2.45, 2.75) is 123 Å². The predicted octanol–water partition coefficient (Wildman–Crippen LogP) is 4.09. The summed E-state index contributed by atoms with van der Waals surface area (Å²) in [6, 6.07) is 5.96. The van der Waals surface area contributed by atoms with Crippen molar-refractivity contribution in [3.63, 3.8) is 0 Å². The third kappa shape index (κ3) is 29.9. The van der Waals surface area contributed by atoms with E-state index in [1.165, 1.54) is 0 Å². The predicted molar refractivity (Wildman–Crippen MR) is 213 cm³/mol. The maximum atomic E-state index is 12.9. The Bertz CT molecular complexity index is 1360. The molecule has 1 atom stereocenters. The van der Waals surface area contributed by atoms with Gasteiger partial charge in [0.1, 0.15) is 42.9 Å². The minimum atomic E-state index is -1.06. The van der Waals surface area contributed by atoms with Gasteiger partial charge in [-0.05, 0) is 85.1 Å². The van der Waals surface area contributed by atoms with Crippen LogP contribution in [0.4, 0.5) is 0 Å².